The maximum Gasteiger partial charge on any atom is 0.326 e. The Morgan fingerprint density at radius 1 is 1.03 bits per heavy atom. The number of allylic oxidation sites excluding steroid dienone is 1. The molecule has 0 spiro atoms. The van der Waals surface area contributed by atoms with Crippen LogP contribution >= 0.6 is 11.6 Å². The molecule has 1 unspecified atom stereocenters. The molecule has 0 aliphatic carbocycles. The van der Waals surface area contributed by atoms with Crippen LogP contribution in [-0.4, -0.2) is 23.3 Å². The zero-order chi connectivity index (χ0) is 24.5. The van der Waals surface area contributed by atoms with Gasteiger partial charge < -0.3 is 14.6 Å². The highest BCUT2D eigenvalue weighted by Gasteiger charge is 2.36. The summed E-state index contributed by atoms with van der Waals surface area (Å²) in [6, 6.07) is 19.1. The van der Waals surface area contributed by atoms with Gasteiger partial charge in [-0.1, -0.05) is 28.9 Å². The van der Waals surface area contributed by atoms with Gasteiger partial charge in [0.15, 0.2) is 0 Å². The van der Waals surface area contributed by atoms with Crippen LogP contribution < -0.4 is 15.0 Å². The molecule has 9 heteroatoms. The van der Waals surface area contributed by atoms with Crippen molar-refractivity contribution >= 4 is 28.9 Å². The van der Waals surface area contributed by atoms with Crippen LogP contribution in [0.5, 0.6) is 5.75 Å². The molecule has 0 radical (unpaired) electrons. The number of hydrogen-bond donors (Lipinski definition) is 1. The smallest absolute Gasteiger partial charge is 0.326 e. The van der Waals surface area contributed by atoms with Crippen molar-refractivity contribution in [3.63, 3.8) is 0 Å². The number of halogens is 2. The van der Waals surface area contributed by atoms with Crippen molar-refractivity contribution in [1.82, 2.24) is 15.5 Å². The number of nitrogens with zero attached hydrogens (tertiary/aromatic N) is 3. The maximum atomic E-state index is 13.6. The number of hydrogen-bond acceptors (Lipinski definition) is 5. The van der Waals surface area contributed by atoms with Crippen molar-refractivity contribution in [2.45, 2.75) is 13.0 Å². The molecule has 4 aromatic rings. The summed E-state index contributed by atoms with van der Waals surface area (Å²) in [5, 5.41) is 7.73. The van der Waals surface area contributed by atoms with E-state index in [9.17, 15) is 9.18 Å². The number of benzene rings is 3. The van der Waals surface area contributed by atoms with Gasteiger partial charge in [-0.2, -0.15) is 4.98 Å². The van der Waals surface area contributed by atoms with Crippen molar-refractivity contribution < 1.29 is 18.4 Å². The number of carbonyl (C=O) groups excluding carboxylic acids is 1. The lowest BCUT2D eigenvalue weighted by atomic mass is 9.94. The largest absolute Gasteiger partial charge is 0.497 e. The van der Waals surface area contributed by atoms with E-state index in [2.05, 4.69) is 15.5 Å². The van der Waals surface area contributed by atoms with Crippen LogP contribution in [0.25, 0.3) is 17.0 Å². The third-order valence-electron chi connectivity index (χ3n) is 5.78. The SMILES string of the molecule is COc1ccc(N2C(=O)NC(c3ccc(F)cc3)C(c3nc(-c4ccc(Cl)cc4)no3)=C2C)cc1. The Labute approximate surface area is 205 Å². The Balaban J connectivity index is 1.63. The Morgan fingerprint density at radius 3 is 2.37 bits per heavy atom. The standard InChI is InChI=1S/C26H20ClFN4O3/c1-15-22(25-30-24(31-35-25)17-3-7-18(27)8-4-17)23(16-5-9-19(28)10-6-16)29-26(33)32(15)20-11-13-21(34-2)14-12-20/h3-14,23H,1-2H3,(H,29,33). The minimum absolute atomic E-state index is 0.236. The zero-order valence-electron chi connectivity index (χ0n) is 18.8. The first-order valence-corrected chi connectivity index (χ1v) is 11.1. The zero-order valence-corrected chi connectivity index (χ0v) is 19.6. The lowest BCUT2D eigenvalue weighted by Gasteiger charge is -2.35. The van der Waals surface area contributed by atoms with Crippen molar-refractivity contribution in [2.24, 2.45) is 0 Å². The predicted octanol–water partition coefficient (Wildman–Crippen LogP) is 6.24. The van der Waals surface area contributed by atoms with E-state index in [1.807, 2.05) is 0 Å². The number of rotatable bonds is 5. The molecule has 1 N–H and O–H groups in total. The van der Waals surface area contributed by atoms with Crippen molar-refractivity contribution in [3.8, 4) is 17.1 Å². The monoisotopic (exact) mass is 490 g/mol. The molecular formula is C26H20ClFN4O3. The second kappa shape index (κ2) is 9.23. The highest BCUT2D eigenvalue weighted by atomic mass is 35.5. The van der Waals surface area contributed by atoms with Crippen LogP contribution in [0.4, 0.5) is 14.9 Å². The van der Waals surface area contributed by atoms with Gasteiger partial charge in [0.1, 0.15) is 11.6 Å². The first-order valence-electron chi connectivity index (χ1n) is 10.8. The third-order valence-corrected chi connectivity index (χ3v) is 6.03. The van der Waals surface area contributed by atoms with Gasteiger partial charge in [0.2, 0.25) is 5.82 Å². The molecular weight excluding hydrogens is 471 g/mol. The molecule has 0 fully saturated rings. The molecule has 2 heterocycles. The summed E-state index contributed by atoms with van der Waals surface area (Å²) in [4.78, 5) is 19.4. The molecule has 0 bridgehead atoms. The average molecular weight is 491 g/mol. The quantitative estimate of drug-likeness (QED) is 0.358. The van der Waals surface area contributed by atoms with Gasteiger partial charge in [0.25, 0.3) is 5.89 Å². The van der Waals surface area contributed by atoms with Crippen LogP contribution in [0.2, 0.25) is 5.02 Å². The second-order valence-electron chi connectivity index (χ2n) is 7.90. The summed E-state index contributed by atoms with van der Waals surface area (Å²) < 4.78 is 24.5. The summed E-state index contributed by atoms with van der Waals surface area (Å²) in [5.74, 6) is 0.908. The van der Waals surface area contributed by atoms with Crippen LogP contribution in [0.15, 0.2) is 83.0 Å². The van der Waals surface area contributed by atoms with E-state index in [-0.39, 0.29) is 17.7 Å². The Hall–Kier alpha value is -4.17. The number of anilines is 1. The summed E-state index contributed by atoms with van der Waals surface area (Å²) >= 11 is 6.00. The normalized spacial score (nSPS) is 15.8. The maximum absolute atomic E-state index is 13.6. The van der Waals surface area contributed by atoms with E-state index >= 15 is 0 Å². The highest BCUT2D eigenvalue weighted by molar-refractivity contribution is 6.30. The van der Waals surface area contributed by atoms with Crippen LogP contribution in [0, 0.1) is 5.82 Å². The first kappa shape index (κ1) is 22.6. The number of ether oxygens (including phenoxy) is 1. The summed E-state index contributed by atoms with van der Waals surface area (Å²) in [5.41, 5.74) is 3.23. The number of aromatic nitrogens is 2. The van der Waals surface area contributed by atoms with Crippen LogP contribution in [0.1, 0.15) is 24.4 Å². The molecule has 2 amide bonds. The third kappa shape index (κ3) is 4.36. The first-order chi connectivity index (χ1) is 16.9. The average Bonchev–Trinajstić information content (AvgIpc) is 3.35. The molecule has 0 saturated heterocycles. The second-order valence-corrected chi connectivity index (χ2v) is 8.33. The molecule has 1 atom stereocenters. The minimum atomic E-state index is -0.629. The van der Waals surface area contributed by atoms with E-state index in [0.717, 1.165) is 5.56 Å². The lowest BCUT2D eigenvalue weighted by Crippen LogP contribution is -2.46. The molecule has 1 aromatic heterocycles. The van der Waals surface area contributed by atoms with Crippen molar-refractivity contribution in [1.29, 1.82) is 0 Å². The number of carbonyl (C=O) groups is 1. The molecule has 7 nitrogen and oxygen atoms in total. The summed E-state index contributed by atoms with van der Waals surface area (Å²) in [6.07, 6.45) is 0. The van der Waals surface area contributed by atoms with Gasteiger partial charge in [-0.15, -0.1) is 0 Å². The number of methoxy groups -OCH3 is 1. The van der Waals surface area contributed by atoms with Gasteiger partial charge in [-0.25, -0.2) is 9.18 Å². The van der Waals surface area contributed by atoms with Crippen molar-refractivity contribution in [2.75, 3.05) is 12.0 Å². The molecule has 1 aliphatic heterocycles. The predicted molar refractivity (Wildman–Crippen MR) is 130 cm³/mol. The van der Waals surface area contributed by atoms with Gasteiger partial charge in [-0.05, 0) is 73.2 Å². The van der Waals surface area contributed by atoms with Gasteiger partial charge in [0, 0.05) is 16.3 Å². The fraction of sp³-hybridized carbons (Fsp3) is 0.115. The van der Waals surface area contributed by atoms with Gasteiger partial charge in [-0.3, -0.25) is 4.90 Å². The Morgan fingerprint density at radius 2 is 1.71 bits per heavy atom. The van der Waals surface area contributed by atoms with E-state index in [0.29, 0.717) is 39.1 Å². The van der Waals surface area contributed by atoms with E-state index in [4.69, 9.17) is 20.9 Å². The molecule has 3 aromatic carbocycles. The topological polar surface area (TPSA) is 80.5 Å². The number of urea groups is 1. The Bertz CT molecular complexity index is 1400. The molecule has 0 saturated carbocycles. The van der Waals surface area contributed by atoms with Gasteiger partial charge >= 0.3 is 6.03 Å². The minimum Gasteiger partial charge on any atom is -0.497 e. The van der Waals surface area contributed by atoms with Crippen molar-refractivity contribution in [3.05, 3.63) is 101 Å². The van der Waals surface area contributed by atoms with E-state index < -0.39 is 6.04 Å². The number of nitrogens with one attached hydrogen (secondary N) is 1. The fourth-order valence-electron chi connectivity index (χ4n) is 4.02. The fourth-order valence-corrected chi connectivity index (χ4v) is 4.14. The summed E-state index contributed by atoms with van der Waals surface area (Å²) in [7, 11) is 1.58. The van der Waals surface area contributed by atoms with Crippen LogP contribution in [-0.2, 0) is 0 Å². The summed E-state index contributed by atoms with van der Waals surface area (Å²) in [6.45, 7) is 1.81. The van der Waals surface area contributed by atoms with E-state index in [1.54, 1.807) is 74.7 Å². The molecule has 176 valence electrons. The van der Waals surface area contributed by atoms with Gasteiger partial charge in [0.05, 0.1) is 24.4 Å². The lowest BCUT2D eigenvalue weighted by molar-refractivity contribution is 0.244. The molecule has 5 rings (SSSR count). The Kier molecular flexibility index (Phi) is 5.96. The highest BCUT2D eigenvalue weighted by Crippen LogP contribution is 2.39. The number of amides is 2. The molecule has 35 heavy (non-hydrogen) atoms. The van der Waals surface area contributed by atoms with Crippen LogP contribution in [0.3, 0.4) is 0 Å². The van der Waals surface area contributed by atoms with E-state index in [1.165, 1.54) is 17.0 Å². The molecule has 1 aliphatic rings.